The molecule has 1 aromatic carbocycles. The van der Waals surface area contributed by atoms with Crippen molar-refractivity contribution >= 4 is 28.5 Å². The third-order valence-electron chi connectivity index (χ3n) is 6.07. The zero-order chi connectivity index (χ0) is 18.7. The number of hydrogen-bond acceptors (Lipinski definition) is 5. The molecule has 0 unspecified atom stereocenters. The van der Waals surface area contributed by atoms with E-state index >= 15 is 0 Å². The Morgan fingerprint density at radius 2 is 2.00 bits per heavy atom. The van der Waals surface area contributed by atoms with Gasteiger partial charge in [0.15, 0.2) is 0 Å². The molecule has 4 rings (SSSR count). The van der Waals surface area contributed by atoms with Gasteiger partial charge in [0.1, 0.15) is 11.1 Å². The number of pyridine rings is 1. The Bertz CT molecular complexity index is 925. The number of nitrogens with zero attached hydrogens (tertiary/aromatic N) is 1. The van der Waals surface area contributed by atoms with E-state index < -0.39 is 22.6 Å². The van der Waals surface area contributed by atoms with Crippen LogP contribution in [0.15, 0.2) is 36.5 Å². The fourth-order valence-electron chi connectivity index (χ4n) is 4.20. The minimum atomic E-state index is -0.839. The van der Waals surface area contributed by atoms with Gasteiger partial charge in [0, 0.05) is 5.39 Å². The molecule has 2 saturated heterocycles. The summed E-state index contributed by atoms with van der Waals surface area (Å²) in [5.41, 5.74) is -0.751. The molecule has 3 heterocycles. The van der Waals surface area contributed by atoms with Gasteiger partial charge in [0.2, 0.25) is 5.91 Å². The molecule has 6 nitrogen and oxygen atoms in total. The second-order valence-electron chi connectivity index (χ2n) is 8.22. The molecular formula is C20H23N3O3. The fourth-order valence-corrected chi connectivity index (χ4v) is 4.20. The second-order valence-corrected chi connectivity index (χ2v) is 8.22. The van der Waals surface area contributed by atoms with Gasteiger partial charge in [-0.25, -0.2) is 0 Å². The molecule has 1 aromatic heterocycles. The maximum atomic E-state index is 13.1. The van der Waals surface area contributed by atoms with E-state index in [1.54, 1.807) is 13.1 Å². The van der Waals surface area contributed by atoms with E-state index in [1.165, 1.54) is 0 Å². The number of cyclic esters (lactones) is 1. The Kier molecular flexibility index (Phi) is 3.44. The van der Waals surface area contributed by atoms with E-state index in [0.717, 1.165) is 10.9 Å². The first-order valence-corrected chi connectivity index (χ1v) is 8.83. The van der Waals surface area contributed by atoms with Gasteiger partial charge in [-0.15, -0.1) is 0 Å². The molecule has 0 radical (unpaired) electrons. The first-order chi connectivity index (χ1) is 12.1. The predicted octanol–water partition coefficient (Wildman–Crippen LogP) is 2.64. The van der Waals surface area contributed by atoms with E-state index in [1.807, 2.05) is 51.1 Å². The molecule has 26 heavy (non-hydrogen) atoms. The third kappa shape index (κ3) is 2.32. The highest BCUT2D eigenvalue weighted by Gasteiger charge is 2.67. The van der Waals surface area contributed by atoms with Gasteiger partial charge >= 0.3 is 5.97 Å². The van der Waals surface area contributed by atoms with Crippen LogP contribution in [0.5, 0.6) is 0 Å². The number of aromatic nitrogens is 1. The van der Waals surface area contributed by atoms with Crippen LogP contribution in [-0.4, -0.2) is 33.5 Å². The fraction of sp³-hybridized carbons (Fsp3) is 0.450. The lowest BCUT2D eigenvalue weighted by atomic mass is 9.74. The molecular weight excluding hydrogens is 330 g/mol. The van der Waals surface area contributed by atoms with E-state index in [0.29, 0.717) is 12.1 Å². The highest BCUT2D eigenvalue weighted by atomic mass is 16.6. The topological polar surface area (TPSA) is 80.3 Å². The smallest absolute Gasteiger partial charge is 0.326 e. The maximum Gasteiger partial charge on any atom is 0.326 e. The zero-order valence-corrected chi connectivity index (χ0v) is 15.4. The molecule has 2 aliphatic rings. The number of rotatable bonds is 2. The molecule has 136 valence electrons. The quantitative estimate of drug-likeness (QED) is 0.812. The van der Waals surface area contributed by atoms with Crippen LogP contribution in [0.1, 0.15) is 34.1 Å². The normalized spacial score (nSPS) is 32.3. The number of carbonyl (C=O) groups is 2. The molecule has 2 aromatic rings. The number of esters is 1. The van der Waals surface area contributed by atoms with Crippen LogP contribution >= 0.6 is 0 Å². The predicted molar refractivity (Wildman–Crippen MR) is 98.6 cm³/mol. The summed E-state index contributed by atoms with van der Waals surface area (Å²) in [5.74, 6) is -0.838. The Morgan fingerprint density at radius 1 is 1.27 bits per heavy atom. The highest BCUT2D eigenvalue weighted by molar-refractivity contribution is 5.97. The molecule has 0 aliphatic carbocycles. The van der Waals surface area contributed by atoms with Crippen LogP contribution in [0, 0.1) is 5.92 Å². The Labute approximate surface area is 152 Å². The first kappa shape index (κ1) is 17.0. The second kappa shape index (κ2) is 5.27. The summed E-state index contributed by atoms with van der Waals surface area (Å²) in [6.07, 6.45) is 2.06. The summed E-state index contributed by atoms with van der Waals surface area (Å²) >= 11 is 0. The van der Waals surface area contributed by atoms with E-state index in [9.17, 15) is 9.59 Å². The molecule has 0 saturated carbocycles. The number of fused-ring (bicyclic) bond motifs is 3. The van der Waals surface area contributed by atoms with Gasteiger partial charge in [-0.1, -0.05) is 18.2 Å². The Hall–Kier alpha value is -2.47. The van der Waals surface area contributed by atoms with Gasteiger partial charge in [0.05, 0.1) is 28.9 Å². The van der Waals surface area contributed by atoms with Crippen molar-refractivity contribution in [2.45, 2.75) is 50.8 Å². The van der Waals surface area contributed by atoms with Crippen LogP contribution in [0.2, 0.25) is 0 Å². The largest absolute Gasteiger partial charge is 0.456 e. The molecule has 2 aliphatic heterocycles. The summed E-state index contributed by atoms with van der Waals surface area (Å²) in [6, 6.07) is 9.66. The van der Waals surface area contributed by atoms with Crippen LogP contribution in [-0.2, 0) is 14.3 Å². The summed E-state index contributed by atoms with van der Waals surface area (Å²) in [5, 5.41) is 7.32. The van der Waals surface area contributed by atoms with Gasteiger partial charge in [0.25, 0.3) is 0 Å². The third-order valence-corrected chi connectivity index (χ3v) is 6.07. The summed E-state index contributed by atoms with van der Waals surface area (Å²) in [6.45, 7) is 7.45. The van der Waals surface area contributed by atoms with Crippen molar-refractivity contribution in [2.75, 3.05) is 5.32 Å². The summed E-state index contributed by atoms with van der Waals surface area (Å²) < 4.78 is 5.66. The van der Waals surface area contributed by atoms with Crippen LogP contribution in [0.3, 0.4) is 0 Å². The van der Waals surface area contributed by atoms with Gasteiger partial charge in [-0.2, -0.15) is 0 Å². The maximum absolute atomic E-state index is 13.1. The number of hydrogen-bond donors (Lipinski definition) is 2. The first-order valence-electron chi connectivity index (χ1n) is 8.83. The van der Waals surface area contributed by atoms with Crippen molar-refractivity contribution in [1.29, 1.82) is 0 Å². The average Bonchev–Trinajstić information content (AvgIpc) is 2.86. The number of para-hydroxylation sites is 1. The lowest BCUT2D eigenvalue weighted by Gasteiger charge is -2.48. The van der Waals surface area contributed by atoms with Crippen molar-refractivity contribution in [2.24, 2.45) is 5.92 Å². The van der Waals surface area contributed by atoms with Crippen molar-refractivity contribution in [1.82, 2.24) is 10.3 Å². The number of anilines is 1. The molecule has 2 fully saturated rings. The average molecular weight is 353 g/mol. The molecule has 6 heteroatoms. The summed E-state index contributed by atoms with van der Waals surface area (Å²) in [4.78, 5) is 29.9. The minimum absolute atomic E-state index is 0.132. The Balaban J connectivity index is 1.64. The van der Waals surface area contributed by atoms with E-state index in [2.05, 4.69) is 15.6 Å². The van der Waals surface area contributed by atoms with Crippen LogP contribution < -0.4 is 10.6 Å². The SMILES string of the molecule is CC1(C)OC(=O)[C@]2(C)C[C@@H](C(=O)Nc3cnc4ccccc4c3)[C@@]1(C)N2. The van der Waals surface area contributed by atoms with Crippen molar-refractivity contribution in [3.63, 3.8) is 0 Å². The highest BCUT2D eigenvalue weighted by Crippen LogP contribution is 2.49. The lowest BCUT2D eigenvalue weighted by Crippen LogP contribution is -2.70. The molecule has 1 amide bonds. The van der Waals surface area contributed by atoms with E-state index in [-0.39, 0.29) is 11.9 Å². The van der Waals surface area contributed by atoms with Crippen LogP contribution in [0.4, 0.5) is 5.69 Å². The number of carbonyl (C=O) groups excluding carboxylic acids is 2. The van der Waals surface area contributed by atoms with Gasteiger partial charge in [-0.05, 0) is 46.2 Å². The van der Waals surface area contributed by atoms with Crippen LogP contribution in [0.25, 0.3) is 10.9 Å². The number of nitrogens with one attached hydrogen (secondary N) is 2. The molecule has 2 bridgehead atoms. The van der Waals surface area contributed by atoms with Crippen molar-refractivity contribution in [3.05, 3.63) is 36.5 Å². The minimum Gasteiger partial charge on any atom is -0.456 e. The van der Waals surface area contributed by atoms with Crippen molar-refractivity contribution in [3.8, 4) is 0 Å². The van der Waals surface area contributed by atoms with E-state index in [4.69, 9.17) is 4.74 Å². The number of morpholine rings is 1. The zero-order valence-electron chi connectivity index (χ0n) is 15.4. The van der Waals surface area contributed by atoms with Gasteiger partial charge in [-0.3, -0.25) is 19.9 Å². The standard InChI is InChI=1S/C20H23N3O3/c1-18(2)20(4)14(10-19(3,23-20)17(25)26-18)16(24)22-13-9-12-7-5-6-8-15(12)21-11-13/h5-9,11,14,23H,10H2,1-4H3,(H,22,24)/t14-,19-,20+/m0/s1. The Morgan fingerprint density at radius 3 is 2.77 bits per heavy atom. The summed E-state index contributed by atoms with van der Waals surface area (Å²) in [7, 11) is 0. The molecule has 3 atom stereocenters. The number of amides is 1. The molecule has 2 N–H and O–H groups in total. The number of benzene rings is 1. The lowest BCUT2D eigenvalue weighted by molar-refractivity contribution is -0.182. The monoisotopic (exact) mass is 353 g/mol. The molecule has 0 spiro atoms. The number of ether oxygens (including phenoxy) is 1. The van der Waals surface area contributed by atoms with Gasteiger partial charge < -0.3 is 10.1 Å². The van der Waals surface area contributed by atoms with Crippen molar-refractivity contribution < 1.29 is 14.3 Å².